The Balaban J connectivity index is 1.51. The molecule has 0 radical (unpaired) electrons. The van der Waals surface area contributed by atoms with Crippen molar-refractivity contribution in [3.8, 4) is 0 Å². The lowest BCUT2D eigenvalue weighted by molar-refractivity contribution is -0.141. The molecular formula is C22H24F3N5O4. The van der Waals surface area contributed by atoms with E-state index in [1.807, 2.05) is 24.3 Å². The highest BCUT2D eigenvalue weighted by molar-refractivity contribution is 5.95. The van der Waals surface area contributed by atoms with Crippen LogP contribution in [0.1, 0.15) is 41.4 Å². The molecule has 0 saturated carbocycles. The summed E-state index contributed by atoms with van der Waals surface area (Å²) in [6, 6.07) is 6.53. The van der Waals surface area contributed by atoms with Crippen molar-refractivity contribution in [3.63, 3.8) is 0 Å². The minimum absolute atomic E-state index is 0.140. The Morgan fingerprint density at radius 1 is 1.29 bits per heavy atom. The van der Waals surface area contributed by atoms with Crippen LogP contribution >= 0.6 is 0 Å². The van der Waals surface area contributed by atoms with Gasteiger partial charge in [0.1, 0.15) is 6.61 Å². The van der Waals surface area contributed by atoms with Crippen molar-refractivity contribution in [3.05, 3.63) is 47.3 Å². The first-order valence-electron chi connectivity index (χ1n) is 10.8. The topological polar surface area (TPSA) is 108 Å². The monoisotopic (exact) mass is 479 g/mol. The van der Waals surface area contributed by atoms with E-state index in [9.17, 15) is 22.8 Å². The summed E-state index contributed by atoms with van der Waals surface area (Å²) in [5.74, 6) is -1.15. The normalized spacial score (nSPS) is 17.7. The van der Waals surface area contributed by atoms with Gasteiger partial charge in [0.15, 0.2) is 5.69 Å². The number of hydrogen-bond acceptors (Lipinski definition) is 7. The lowest BCUT2D eigenvalue weighted by atomic mass is 10.0. The summed E-state index contributed by atoms with van der Waals surface area (Å²) < 4.78 is 46.3. The van der Waals surface area contributed by atoms with Gasteiger partial charge < -0.3 is 20.1 Å². The summed E-state index contributed by atoms with van der Waals surface area (Å²) in [6.45, 7) is 1.88. The van der Waals surface area contributed by atoms with Crippen LogP contribution in [-0.4, -0.2) is 58.9 Å². The van der Waals surface area contributed by atoms with Gasteiger partial charge in [0, 0.05) is 36.9 Å². The third-order valence-corrected chi connectivity index (χ3v) is 5.85. The maximum Gasteiger partial charge on any atom is 0.434 e. The molecule has 3 heterocycles. The zero-order chi connectivity index (χ0) is 24.5. The number of carbonyl (C=O) groups excluding carboxylic acids is 2. The van der Waals surface area contributed by atoms with Gasteiger partial charge in [-0.15, -0.1) is 0 Å². The van der Waals surface area contributed by atoms with E-state index in [-0.39, 0.29) is 18.6 Å². The van der Waals surface area contributed by atoms with Gasteiger partial charge in [-0.1, -0.05) is 18.2 Å². The predicted molar refractivity (Wildman–Crippen MR) is 115 cm³/mol. The van der Waals surface area contributed by atoms with Crippen LogP contribution in [0.3, 0.4) is 0 Å². The zero-order valence-electron chi connectivity index (χ0n) is 18.4. The molecule has 2 amide bonds. The molecule has 34 heavy (non-hydrogen) atoms. The lowest BCUT2D eigenvalue weighted by Gasteiger charge is -2.40. The molecule has 2 aliphatic rings. The molecule has 0 bridgehead atoms. The molecule has 1 atom stereocenters. The molecule has 2 aliphatic heterocycles. The molecule has 1 aromatic heterocycles. The summed E-state index contributed by atoms with van der Waals surface area (Å²) in [5, 5.41) is 11.3. The Hall–Kier alpha value is -3.41. The highest BCUT2D eigenvalue weighted by Gasteiger charge is 2.39. The fourth-order valence-corrected chi connectivity index (χ4v) is 4.10. The Morgan fingerprint density at radius 3 is 2.68 bits per heavy atom. The number of piperidine rings is 1. The number of benzene rings is 1. The third kappa shape index (κ3) is 4.76. The summed E-state index contributed by atoms with van der Waals surface area (Å²) in [4.78, 5) is 35.6. The van der Waals surface area contributed by atoms with Crippen LogP contribution in [0.4, 0.5) is 29.6 Å². The number of hydrogen-bond donors (Lipinski definition) is 2. The number of rotatable bonds is 5. The second-order valence-electron chi connectivity index (χ2n) is 8.26. The smallest absolute Gasteiger partial charge is 0.434 e. The minimum atomic E-state index is -4.87. The number of fused-ring (bicyclic) bond motifs is 1. The number of nitrogens with one attached hydrogen (secondary N) is 1. The number of aliphatic hydroxyl groups excluding tert-OH is 1. The number of amides is 2. The molecule has 1 unspecified atom stereocenters. The summed E-state index contributed by atoms with van der Waals surface area (Å²) in [5.41, 5.74) is -0.373. The standard InChI is InChI=1S/C22H24F3N5O4/c1-13(11-31)27-19(32)16-10-26-20(28-18(16)22(23,24)25)29-8-6-15(7-9-29)30-17-5-3-2-4-14(17)12-34-21(30)33/h2-5,10,13,15,31H,6-9,11-12H2,1H3,(H,27,32). The van der Waals surface area contributed by atoms with E-state index < -0.39 is 42.1 Å². The number of aliphatic hydroxyl groups is 1. The number of ether oxygens (including phenoxy) is 1. The molecule has 1 aromatic carbocycles. The highest BCUT2D eigenvalue weighted by Crippen LogP contribution is 2.34. The molecule has 12 heteroatoms. The van der Waals surface area contributed by atoms with Crippen molar-refractivity contribution < 1.29 is 32.6 Å². The van der Waals surface area contributed by atoms with Crippen molar-refractivity contribution in [2.75, 3.05) is 29.5 Å². The third-order valence-electron chi connectivity index (χ3n) is 5.85. The molecule has 0 aliphatic carbocycles. The van der Waals surface area contributed by atoms with Crippen molar-refractivity contribution >= 4 is 23.6 Å². The molecule has 1 fully saturated rings. The molecule has 9 nitrogen and oxygen atoms in total. The first kappa shape index (κ1) is 23.7. The van der Waals surface area contributed by atoms with Crippen molar-refractivity contribution in [1.29, 1.82) is 0 Å². The summed E-state index contributed by atoms with van der Waals surface area (Å²) in [6.07, 6.45) is -3.50. The quantitative estimate of drug-likeness (QED) is 0.679. The number of anilines is 2. The van der Waals surface area contributed by atoms with Gasteiger partial charge in [0.25, 0.3) is 5.91 Å². The second-order valence-corrected chi connectivity index (χ2v) is 8.26. The van der Waals surface area contributed by atoms with E-state index in [1.165, 1.54) is 6.92 Å². The van der Waals surface area contributed by atoms with E-state index >= 15 is 0 Å². The van der Waals surface area contributed by atoms with Crippen LogP contribution in [0.25, 0.3) is 0 Å². The fourth-order valence-electron chi connectivity index (χ4n) is 4.10. The van der Waals surface area contributed by atoms with Gasteiger partial charge in [-0.25, -0.2) is 14.8 Å². The van der Waals surface area contributed by atoms with Gasteiger partial charge >= 0.3 is 12.3 Å². The van der Waals surface area contributed by atoms with Gasteiger partial charge in [0.05, 0.1) is 17.9 Å². The first-order chi connectivity index (χ1) is 16.2. The fraction of sp³-hybridized carbons (Fsp3) is 0.455. The summed E-state index contributed by atoms with van der Waals surface area (Å²) in [7, 11) is 0. The van der Waals surface area contributed by atoms with Crippen molar-refractivity contribution in [1.82, 2.24) is 15.3 Å². The van der Waals surface area contributed by atoms with Crippen molar-refractivity contribution in [2.45, 2.75) is 44.6 Å². The Morgan fingerprint density at radius 2 is 2.00 bits per heavy atom. The Bertz CT molecular complexity index is 1070. The number of alkyl halides is 3. The van der Waals surface area contributed by atoms with Gasteiger partial charge in [-0.2, -0.15) is 13.2 Å². The van der Waals surface area contributed by atoms with E-state index in [2.05, 4.69) is 15.3 Å². The minimum Gasteiger partial charge on any atom is -0.444 e. The highest BCUT2D eigenvalue weighted by atomic mass is 19.4. The van der Waals surface area contributed by atoms with Crippen LogP contribution in [0.2, 0.25) is 0 Å². The zero-order valence-corrected chi connectivity index (χ0v) is 18.4. The largest absolute Gasteiger partial charge is 0.444 e. The molecule has 4 rings (SSSR count). The number of para-hydroxylation sites is 1. The van der Waals surface area contributed by atoms with Gasteiger partial charge in [0.2, 0.25) is 5.95 Å². The number of carbonyl (C=O) groups is 2. The molecule has 2 N–H and O–H groups in total. The van der Waals surface area contributed by atoms with E-state index in [1.54, 1.807) is 9.80 Å². The van der Waals surface area contributed by atoms with Crippen LogP contribution in [-0.2, 0) is 17.5 Å². The van der Waals surface area contributed by atoms with Crippen LogP contribution in [0.5, 0.6) is 0 Å². The lowest BCUT2D eigenvalue weighted by Crippen LogP contribution is -2.49. The van der Waals surface area contributed by atoms with E-state index in [4.69, 9.17) is 9.84 Å². The number of nitrogens with zero attached hydrogens (tertiary/aromatic N) is 4. The predicted octanol–water partition coefficient (Wildman–Crippen LogP) is 2.73. The maximum atomic E-state index is 13.7. The van der Waals surface area contributed by atoms with Gasteiger partial charge in [-0.3, -0.25) is 9.69 Å². The maximum absolute atomic E-state index is 13.7. The Kier molecular flexibility index (Phi) is 6.60. The molecule has 0 spiro atoms. The average molecular weight is 479 g/mol. The van der Waals surface area contributed by atoms with Crippen LogP contribution < -0.4 is 15.1 Å². The number of halogens is 3. The van der Waals surface area contributed by atoms with E-state index in [0.29, 0.717) is 25.9 Å². The molecule has 2 aromatic rings. The number of cyclic esters (lactones) is 1. The molecular weight excluding hydrogens is 455 g/mol. The average Bonchev–Trinajstić information content (AvgIpc) is 2.83. The van der Waals surface area contributed by atoms with Crippen LogP contribution in [0.15, 0.2) is 30.5 Å². The SMILES string of the molecule is CC(CO)NC(=O)c1cnc(N2CCC(N3C(=O)OCc4ccccc43)CC2)nc1C(F)(F)F. The van der Waals surface area contributed by atoms with E-state index in [0.717, 1.165) is 17.4 Å². The summed E-state index contributed by atoms with van der Waals surface area (Å²) >= 11 is 0. The van der Waals surface area contributed by atoms with Crippen LogP contribution in [0, 0.1) is 0 Å². The second kappa shape index (κ2) is 9.45. The molecule has 1 saturated heterocycles. The van der Waals surface area contributed by atoms with Crippen molar-refractivity contribution in [2.24, 2.45) is 0 Å². The molecule has 182 valence electrons. The number of aromatic nitrogens is 2. The van der Waals surface area contributed by atoms with Gasteiger partial charge in [-0.05, 0) is 25.8 Å². The Labute approximate surface area is 193 Å². The first-order valence-corrected chi connectivity index (χ1v) is 10.8.